The first-order valence-electron chi connectivity index (χ1n) is 1.22. The van der Waals surface area contributed by atoms with Crippen LogP contribution in [0.2, 0.25) is 0 Å². The van der Waals surface area contributed by atoms with Gasteiger partial charge in [0.15, 0.2) is 6.61 Å². The summed E-state index contributed by atoms with van der Waals surface area (Å²) < 4.78 is 3.68. The summed E-state index contributed by atoms with van der Waals surface area (Å²) in [6.07, 6.45) is 0. The van der Waals surface area contributed by atoms with Crippen LogP contribution in [-0.2, 0) is 9.08 Å². The number of carboxylic acids is 1. The summed E-state index contributed by atoms with van der Waals surface area (Å²) in [4.78, 5) is 9.39. The molecule has 0 rings (SSSR count). The third kappa shape index (κ3) is 3.72. The zero-order valence-corrected chi connectivity index (χ0v) is 3.60. The van der Waals surface area contributed by atoms with Crippen LogP contribution in [0, 0.1) is 0 Å². The maximum absolute atomic E-state index is 9.39. The second-order valence-electron chi connectivity index (χ2n) is 0.647. The van der Waals surface area contributed by atoms with Crippen molar-refractivity contribution in [1.82, 2.24) is 0 Å². The van der Waals surface area contributed by atoms with E-state index in [1.807, 2.05) is 0 Å². The van der Waals surface area contributed by atoms with E-state index in [4.69, 9.17) is 5.11 Å². The Kier molecular flexibility index (Phi) is 2.80. The molecule has 0 spiro atoms. The van der Waals surface area contributed by atoms with Gasteiger partial charge in [0.2, 0.25) is 0 Å². The van der Waals surface area contributed by atoms with Gasteiger partial charge in [-0.1, -0.05) is 0 Å². The Balaban J connectivity index is 2.83. The van der Waals surface area contributed by atoms with E-state index >= 15 is 0 Å². The first-order valence-corrected chi connectivity index (χ1v) is 1.53. The van der Waals surface area contributed by atoms with E-state index in [1.165, 1.54) is 0 Å². The zero-order valence-electron chi connectivity index (χ0n) is 2.85. The molecule has 0 radical (unpaired) electrons. The van der Waals surface area contributed by atoms with E-state index in [9.17, 15) is 4.79 Å². The molecule has 0 saturated carbocycles. The topological polar surface area (TPSA) is 46.5 Å². The summed E-state index contributed by atoms with van der Waals surface area (Å²) in [6, 6.07) is 0. The van der Waals surface area contributed by atoms with Gasteiger partial charge in [0.1, 0.15) is 0 Å². The molecular weight excluding hydrogens is 107 g/mol. The fourth-order valence-corrected chi connectivity index (χ4v) is 0.140. The molecule has 0 saturated heterocycles. The minimum absolute atomic E-state index is 0.443. The smallest absolute Gasteiger partial charge is 0.331 e. The molecule has 0 aromatic carbocycles. The van der Waals surface area contributed by atoms with Gasteiger partial charge in [-0.05, 0) is 0 Å². The lowest BCUT2D eigenvalue weighted by Crippen LogP contribution is -2.00. The maximum Gasteiger partial charge on any atom is 0.331 e. The molecule has 0 bridgehead atoms. The lowest BCUT2D eigenvalue weighted by molar-refractivity contribution is -0.139. The van der Waals surface area contributed by atoms with Gasteiger partial charge in [-0.3, -0.25) is 4.29 Å². The van der Waals surface area contributed by atoms with Crippen molar-refractivity contribution < 1.29 is 14.2 Å². The SMILES string of the molecule is O=C(O)COCl. The van der Waals surface area contributed by atoms with Crippen molar-refractivity contribution in [2.75, 3.05) is 6.61 Å². The monoisotopic (exact) mass is 110 g/mol. The highest BCUT2D eigenvalue weighted by atomic mass is 35.5. The second kappa shape index (κ2) is 2.93. The summed E-state index contributed by atoms with van der Waals surface area (Å²) in [5.41, 5.74) is 0. The molecule has 4 heteroatoms. The van der Waals surface area contributed by atoms with E-state index in [-0.39, 0.29) is 0 Å². The van der Waals surface area contributed by atoms with Gasteiger partial charge in [0, 0.05) is 0 Å². The molecular formula is C2H3ClO3. The van der Waals surface area contributed by atoms with Crippen LogP contribution in [0.3, 0.4) is 0 Å². The zero-order chi connectivity index (χ0) is 4.99. The minimum atomic E-state index is -1.06. The van der Waals surface area contributed by atoms with Crippen LogP contribution in [0.25, 0.3) is 0 Å². The van der Waals surface area contributed by atoms with Crippen molar-refractivity contribution in [3.63, 3.8) is 0 Å². The number of hydrogen-bond acceptors (Lipinski definition) is 2. The van der Waals surface area contributed by atoms with Crippen molar-refractivity contribution in [1.29, 1.82) is 0 Å². The lowest BCUT2D eigenvalue weighted by atomic mass is 10.8. The minimum Gasteiger partial charge on any atom is -0.479 e. The fraction of sp³-hybridized carbons (Fsp3) is 0.500. The highest BCUT2D eigenvalue weighted by molar-refractivity contribution is 6.08. The maximum atomic E-state index is 9.39. The average Bonchev–Trinajstić information content (AvgIpc) is 1.35. The van der Waals surface area contributed by atoms with Gasteiger partial charge in [-0.2, -0.15) is 0 Å². The molecule has 0 fully saturated rings. The van der Waals surface area contributed by atoms with Crippen LogP contribution >= 0.6 is 11.9 Å². The Morgan fingerprint density at radius 2 is 2.50 bits per heavy atom. The van der Waals surface area contributed by atoms with Crippen LogP contribution in [0.15, 0.2) is 0 Å². The van der Waals surface area contributed by atoms with Gasteiger partial charge in [-0.25, -0.2) is 4.79 Å². The molecule has 6 heavy (non-hydrogen) atoms. The average molecular weight is 110 g/mol. The third-order valence-corrected chi connectivity index (χ3v) is 0.287. The Bertz CT molecular complexity index is 52.8. The molecule has 0 aliphatic carbocycles. The van der Waals surface area contributed by atoms with Crippen LogP contribution in [0.5, 0.6) is 0 Å². The normalized spacial score (nSPS) is 8.17. The molecule has 0 atom stereocenters. The van der Waals surface area contributed by atoms with E-state index in [0.29, 0.717) is 0 Å². The van der Waals surface area contributed by atoms with E-state index in [0.717, 1.165) is 0 Å². The summed E-state index contributed by atoms with van der Waals surface area (Å²) in [7, 11) is 0. The van der Waals surface area contributed by atoms with Crippen molar-refractivity contribution in [2.24, 2.45) is 0 Å². The molecule has 0 aliphatic rings. The van der Waals surface area contributed by atoms with Crippen LogP contribution in [0.1, 0.15) is 0 Å². The van der Waals surface area contributed by atoms with E-state index in [2.05, 4.69) is 16.2 Å². The number of hydrogen-bond donors (Lipinski definition) is 1. The number of rotatable bonds is 2. The molecule has 0 aromatic heterocycles. The van der Waals surface area contributed by atoms with Crippen LogP contribution < -0.4 is 0 Å². The van der Waals surface area contributed by atoms with Gasteiger partial charge in [0.05, 0.1) is 11.9 Å². The Morgan fingerprint density at radius 3 is 2.50 bits per heavy atom. The summed E-state index contributed by atoms with van der Waals surface area (Å²) in [5.74, 6) is -1.06. The Labute approximate surface area is 39.6 Å². The molecule has 1 N–H and O–H groups in total. The van der Waals surface area contributed by atoms with Gasteiger partial charge in [-0.15, -0.1) is 0 Å². The first-order chi connectivity index (χ1) is 2.77. The predicted octanol–water partition coefficient (Wildman–Crippen LogP) is 0.241. The molecule has 0 amide bonds. The van der Waals surface area contributed by atoms with E-state index in [1.54, 1.807) is 0 Å². The number of carbonyl (C=O) groups is 1. The summed E-state index contributed by atoms with van der Waals surface area (Å²) in [6.45, 7) is -0.443. The van der Waals surface area contributed by atoms with Crippen molar-refractivity contribution in [3.8, 4) is 0 Å². The first kappa shape index (κ1) is 5.72. The van der Waals surface area contributed by atoms with Gasteiger partial charge in [0.25, 0.3) is 0 Å². The van der Waals surface area contributed by atoms with Crippen molar-refractivity contribution in [3.05, 3.63) is 0 Å². The highest BCUT2D eigenvalue weighted by Gasteiger charge is 1.89. The molecule has 3 nitrogen and oxygen atoms in total. The van der Waals surface area contributed by atoms with Crippen molar-refractivity contribution >= 4 is 17.8 Å². The molecule has 0 unspecified atom stereocenters. The van der Waals surface area contributed by atoms with Gasteiger partial charge < -0.3 is 5.11 Å². The summed E-state index contributed by atoms with van der Waals surface area (Å²) in [5, 5.41) is 7.70. The number of aliphatic carboxylic acids is 1. The molecule has 0 aliphatic heterocycles. The fourth-order valence-electron chi connectivity index (χ4n) is 0.0467. The Morgan fingerprint density at radius 1 is 2.00 bits per heavy atom. The predicted molar refractivity (Wildman–Crippen MR) is 19.4 cm³/mol. The molecule has 0 heterocycles. The van der Waals surface area contributed by atoms with E-state index < -0.39 is 12.6 Å². The number of carboxylic acid groups (broad SMARTS) is 1. The summed E-state index contributed by atoms with van der Waals surface area (Å²) >= 11 is 4.52. The highest BCUT2D eigenvalue weighted by Crippen LogP contribution is 1.75. The van der Waals surface area contributed by atoms with Crippen LogP contribution in [-0.4, -0.2) is 17.7 Å². The number of halogens is 1. The standard InChI is InChI=1S/C2H3ClO3/c3-6-1-2(4)5/h1H2,(H,4,5). The molecule has 36 valence electrons. The molecule has 0 aromatic rings. The van der Waals surface area contributed by atoms with Crippen molar-refractivity contribution in [2.45, 2.75) is 0 Å². The van der Waals surface area contributed by atoms with Crippen LogP contribution in [0.4, 0.5) is 0 Å². The largest absolute Gasteiger partial charge is 0.479 e. The quantitative estimate of drug-likeness (QED) is 0.554. The van der Waals surface area contributed by atoms with Gasteiger partial charge >= 0.3 is 5.97 Å². The third-order valence-electron chi connectivity index (χ3n) is 0.178. The second-order valence-corrected chi connectivity index (χ2v) is 0.865. The Hall–Kier alpha value is -0.280. The lowest BCUT2D eigenvalue weighted by Gasteiger charge is -1.80.